The van der Waals surface area contributed by atoms with E-state index in [1.54, 1.807) is 18.4 Å². The Morgan fingerprint density at radius 1 is 1.38 bits per heavy atom. The van der Waals surface area contributed by atoms with Crippen LogP contribution >= 0.6 is 11.3 Å². The maximum Gasteiger partial charge on any atom is 0.214 e. The molecule has 6 heteroatoms. The number of nitrogens with one attached hydrogen (secondary N) is 1. The Labute approximate surface area is 129 Å². The van der Waals surface area contributed by atoms with Crippen molar-refractivity contribution in [1.82, 2.24) is 14.6 Å². The Bertz CT molecular complexity index is 581. The van der Waals surface area contributed by atoms with Crippen LogP contribution in [-0.2, 0) is 10.2 Å². The molecule has 21 heavy (non-hydrogen) atoms. The van der Waals surface area contributed by atoms with E-state index >= 15 is 0 Å². The summed E-state index contributed by atoms with van der Waals surface area (Å²) < 4.78 is 7.37. The van der Waals surface area contributed by atoms with Gasteiger partial charge in [-0.25, -0.2) is 9.50 Å². The normalized spacial score (nSPS) is 23.6. The first kappa shape index (κ1) is 14.8. The zero-order valence-corrected chi connectivity index (χ0v) is 14.0. The molecule has 3 rings (SSSR count). The molecular weight excluding hydrogens is 284 g/mol. The number of hydrogen-bond acceptors (Lipinski definition) is 5. The second-order valence-corrected chi connectivity index (χ2v) is 7.83. The summed E-state index contributed by atoms with van der Waals surface area (Å²) in [4.78, 5) is 5.64. The molecule has 2 unspecified atom stereocenters. The van der Waals surface area contributed by atoms with Crippen molar-refractivity contribution in [1.29, 1.82) is 0 Å². The molecular formula is C15H24N4OS. The van der Waals surface area contributed by atoms with Crippen molar-refractivity contribution in [3.63, 3.8) is 0 Å². The van der Waals surface area contributed by atoms with E-state index < -0.39 is 0 Å². The molecule has 5 nitrogen and oxygen atoms in total. The van der Waals surface area contributed by atoms with Crippen LogP contribution in [0.25, 0.3) is 4.96 Å². The molecule has 0 spiro atoms. The molecule has 0 saturated heterocycles. The lowest BCUT2D eigenvalue weighted by atomic mass is 9.93. The third-order valence-corrected chi connectivity index (χ3v) is 4.95. The van der Waals surface area contributed by atoms with Gasteiger partial charge in [0.15, 0.2) is 0 Å². The number of anilines is 1. The van der Waals surface area contributed by atoms with Crippen molar-refractivity contribution in [3.05, 3.63) is 11.9 Å². The van der Waals surface area contributed by atoms with E-state index in [9.17, 15) is 0 Å². The van der Waals surface area contributed by atoms with Gasteiger partial charge >= 0.3 is 0 Å². The van der Waals surface area contributed by atoms with Gasteiger partial charge in [-0.1, -0.05) is 32.1 Å². The molecule has 0 aromatic carbocycles. The largest absolute Gasteiger partial charge is 0.381 e. The van der Waals surface area contributed by atoms with Crippen molar-refractivity contribution < 1.29 is 4.74 Å². The van der Waals surface area contributed by atoms with Crippen LogP contribution in [0.4, 0.5) is 5.13 Å². The van der Waals surface area contributed by atoms with E-state index in [-0.39, 0.29) is 5.41 Å². The fourth-order valence-electron chi connectivity index (χ4n) is 2.78. The molecule has 1 N–H and O–H groups in total. The maximum atomic E-state index is 5.48. The van der Waals surface area contributed by atoms with Crippen molar-refractivity contribution >= 4 is 21.4 Å². The Balaban J connectivity index is 1.72. The highest BCUT2D eigenvalue weighted by Crippen LogP contribution is 2.28. The second-order valence-electron chi connectivity index (χ2n) is 6.88. The van der Waals surface area contributed by atoms with Crippen LogP contribution < -0.4 is 5.32 Å². The van der Waals surface area contributed by atoms with E-state index in [0.717, 1.165) is 22.2 Å². The summed E-state index contributed by atoms with van der Waals surface area (Å²) in [7, 11) is 1.80. The average molecular weight is 308 g/mol. The average Bonchev–Trinajstić information content (AvgIpc) is 2.96. The first-order chi connectivity index (χ1) is 9.95. The van der Waals surface area contributed by atoms with E-state index in [2.05, 4.69) is 36.2 Å². The van der Waals surface area contributed by atoms with E-state index in [4.69, 9.17) is 4.74 Å². The molecule has 2 aromatic heterocycles. The number of ether oxygens (including phenoxy) is 1. The van der Waals surface area contributed by atoms with Crippen molar-refractivity contribution in [2.45, 2.75) is 64.0 Å². The molecule has 0 aliphatic heterocycles. The fourth-order valence-corrected chi connectivity index (χ4v) is 3.64. The lowest BCUT2D eigenvalue weighted by molar-refractivity contribution is 0.0669. The van der Waals surface area contributed by atoms with Gasteiger partial charge < -0.3 is 10.1 Å². The van der Waals surface area contributed by atoms with Gasteiger partial charge in [-0.05, 0) is 25.7 Å². The number of rotatable bonds is 3. The lowest BCUT2D eigenvalue weighted by Crippen LogP contribution is -2.31. The smallest absolute Gasteiger partial charge is 0.214 e. The fraction of sp³-hybridized carbons (Fsp3) is 0.733. The van der Waals surface area contributed by atoms with Crippen LogP contribution in [-0.4, -0.2) is 33.9 Å². The van der Waals surface area contributed by atoms with Crippen LogP contribution in [0.2, 0.25) is 0 Å². The number of methoxy groups -OCH3 is 1. The molecule has 2 heterocycles. The van der Waals surface area contributed by atoms with Crippen LogP contribution in [0.15, 0.2) is 6.20 Å². The molecule has 1 aliphatic rings. The monoisotopic (exact) mass is 308 g/mol. The molecule has 1 aliphatic carbocycles. The minimum absolute atomic E-state index is 0.0655. The molecule has 116 valence electrons. The first-order valence-electron chi connectivity index (χ1n) is 7.62. The third kappa shape index (κ3) is 3.21. The summed E-state index contributed by atoms with van der Waals surface area (Å²) in [6.07, 6.45) is 7.06. The Kier molecular flexibility index (Phi) is 3.92. The summed E-state index contributed by atoms with van der Waals surface area (Å²) in [6.45, 7) is 6.52. The quantitative estimate of drug-likeness (QED) is 0.943. The van der Waals surface area contributed by atoms with Gasteiger partial charge in [0.25, 0.3) is 0 Å². The highest BCUT2D eigenvalue weighted by Gasteiger charge is 2.23. The van der Waals surface area contributed by atoms with Crippen molar-refractivity contribution in [2.75, 3.05) is 12.4 Å². The van der Waals surface area contributed by atoms with E-state index in [1.807, 2.05) is 10.7 Å². The summed E-state index contributed by atoms with van der Waals surface area (Å²) in [5, 5.41) is 9.12. The summed E-state index contributed by atoms with van der Waals surface area (Å²) in [6, 6.07) is 0.460. The van der Waals surface area contributed by atoms with Crippen LogP contribution in [0.1, 0.15) is 52.1 Å². The number of imidazole rings is 1. The second kappa shape index (κ2) is 5.57. The van der Waals surface area contributed by atoms with Gasteiger partial charge in [-0.2, -0.15) is 0 Å². The zero-order valence-electron chi connectivity index (χ0n) is 13.2. The number of aromatic nitrogens is 3. The molecule has 2 aromatic rings. The molecule has 0 bridgehead atoms. The predicted molar refractivity (Wildman–Crippen MR) is 86.2 cm³/mol. The Hall–Kier alpha value is -1.14. The summed E-state index contributed by atoms with van der Waals surface area (Å²) >= 11 is 1.63. The van der Waals surface area contributed by atoms with Crippen LogP contribution in [0, 0.1) is 0 Å². The van der Waals surface area contributed by atoms with Gasteiger partial charge in [-0.3, -0.25) is 0 Å². The zero-order chi connectivity index (χ0) is 15.0. The predicted octanol–water partition coefficient (Wildman–Crippen LogP) is 3.46. The van der Waals surface area contributed by atoms with Gasteiger partial charge in [0.1, 0.15) is 0 Å². The molecule has 0 amide bonds. The molecule has 1 fully saturated rings. The molecule has 0 radical (unpaired) electrons. The van der Waals surface area contributed by atoms with Gasteiger partial charge in [0, 0.05) is 18.6 Å². The van der Waals surface area contributed by atoms with Crippen molar-refractivity contribution in [2.24, 2.45) is 0 Å². The third-order valence-electron chi connectivity index (χ3n) is 4.10. The van der Waals surface area contributed by atoms with E-state index in [1.165, 1.54) is 19.3 Å². The van der Waals surface area contributed by atoms with Crippen LogP contribution in [0.3, 0.4) is 0 Å². The SMILES string of the molecule is COC1CCCC(Nc2nn3cc(C(C)(C)C)nc3s2)C1. The standard InChI is InChI=1S/C15H24N4OS/c1-15(2,3)12-9-19-14(17-12)21-13(18-19)16-10-6-5-7-11(8-10)20-4/h9-11H,5-8H2,1-4H3,(H,16,18). The number of nitrogens with zero attached hydrogens (tertiary/aromatic N) is 3. The first-order valence-corrected chi connectivity index (χ1v) is 8.43. The van der Waals surface area contributed by atoms with Gasteiger partial charge in [0.05, 0.1) is 18.0 Å². The summed E-state index contributed by atoms with van der Waals surface area (Å²) in [5.41, 5.74) is 1.15. The minimum atomic E-state index is 0.0655. The molecule has 1 saturated carbocycles. The minimum Gasteiger partial charge on any atom is -0.381 e. The topological polar surface area (TPSA) is 51.5 Å². The maximum absolute atomic E-state index is 5.48. The highest BCUT2D eigenvalue weighted by atomic mass is 32.1. The highest BCUT2D eigenvalue weighted by molar-refractivity contribution is 7.20. The molecule has 2 atom stereocenters. The van der Waals surface area contributed by atoms with Crippen molar-refractivity contribution in [3.8, 4) is 0 Å². The number of fused-ring (bicyclic) bond motifs is 1. The van der Waals surface area contributed by atoms with Gasteiger partial charge in [0.2, 0.25) is 10.1 Å². The number of hydrogen-bond donors (Lipinski definition) is 1. The Morgan fingerprint density at radius 3 is 2.86 bits per heavy atom. The lowest BCUT2D eigenvalue weighted by Gasteiger charge is -2.28. The summed E-state index contributed by atoms with van der Waals surface area (Å²) in [5.74, 6) is 0. The van der Waals surface area contributed by atoms with Crippen LogP contribution in [0.5, 0.6) is 0 Å². The van der Waals surface area contributed by atoms with E-state index in [0.29, 0.717) is 12.1 Å². The van der Waals surface area contributed by atoms with Gasteiger partial charge in [-0.15, -0.1) is 5.10 Å². The Morgan fingerprint density at radius 2 is 2.19 bits per heavy atom.